The molecule has 28 heavy (non-hydrogen) atoms. The molecule has 3 N–H and O–H groups in total. The van der Waals surface area contributed by atoms with Crippen LogP contribution in [0.2, 0.25) is 0 Å². The molecular weight excluding hydrogens is 366 g/mol. The van der Waals surface area contributed by atoms with Crippen molar-refractivity contribution in [2.45, 2.75) is 13.5 Å². The van der Waals surface area contributed by atoms with E-state index in [1.54, 1.807) is 31.2 Å². The van der Waals surface area contributed by atoms with Gasteiger partial charge in [-0.15, -0.1) is 0 Å². The van der Waals surface area contributed by atoms with Gasteiger partial charge in [0.2, 0.25) is 0 Å². The minimum atomic E-state index is -0.687. The second-order valence-electron chi connectivity index (χ2n) is 5.71. The maximum atomic E-state index is 12.5. The quantitative estimate of drug-likeness (QED) is 0.539. The van der Waals surface area contributed by atoms with Gasteiger partial charge < -0.3 is 9.73 Å². The topological polar surface area (TPSA) is 135 Å². The number of hydrogen-bond donors (Lipinski definition) is 3. The molecule has 3 amide bonds. The Morgan fingerprint density at radius 3 is 2.50 bits per heavy atom. The predicted octanol–water partition coefficient (Wildman–Crippen LogP) is 0.200. The van der Waals surface area contributed by atoms with Crippen molar-refractivity contribution in [1.29, 1.82) is 0 Å². The first-order valence-electron chi connectivity index (χ1n) is 8.40. The third kappa shape index (κ3) is 3.90. The van der Waals surface area contributed by atoms with Gasteiger partial charge in [0.1, 0.15) is 6.26 Å². The van der Waals surface area contributed by atoms with Crippen molar-refractivity contribution in [3.63, 3.8) is 0 Å². The van der Waals surface area contributed by atoms with E-state index in [0.29, 0.717) is 10.8 Å². The van der Waals surface area contributed by atoms with Gasteiger partial charge in [-0.25, -0.2) is 4.68 Å². The highest BCUT2D eigenvalue weighted by molar-refractivity contribution is 6.05. The van der Waals surface area contributed by atoms with Crippen LogP contribution in [0.3, 0.4) is 0 Å². The molecule has 0 atom stereocenters. The summed E-state index contributed by atoms with van der Waals surface area (Å²) < 4.78 is 5.95. The number of hydrazine groups is 1. The molecule has 0 aliphatic carbocycles. The summed E-state index contributed by atoms with van der Waals surface area (Å²) in [5.41, 5.74) is 4.40. The summed E-state index contributed by atoms with van der Waals surface area (Å²) in [6.45, 7) is 1.67. The van der Waals surface area contributed by atoms with Crippen LogP contribution >= 0.6 is 0 Å². The Hall–Kier alpha value is -3.95. The van der Waals surface area contributed by atoms with E-state index in [9.17, 15) is 19.2 Å². The summed E-state index contributed by atoms with van der Waals surface area (Å²) in [4.78, 5) is 48.4. The predicted molar refractivity (Wildman–Crippen MR) is 98.3 cm³/mol. The molecule has 2 heterocycles. The van der Waals surface area contributed by atoms with E-state index in [4.69, 9.17) is 4.42 Å². The van der Waals surface area contributed by atoms with Gasteiger partial charge in [0, 0.05) is 11.9 Å². The van der Waals surface area contributed by atoms with Gasteiger partial charge >= 0.3 is 0 Å². The Morgan fingerprint density at radius 1 is 1.07 bits per heavy atom. The molecule has 0 aliphatic rings. The lowest BCUT2D eigenvalue weighted by atomic mass is 10.1. The highest BCUT2D eigenvalue weighted by atomic mass is 16.3. The van der Waals surface area contributed by atoms with Crippen molar-refractivity contribution in [1.82, 2.24) is 25.9 Å². The zero-order valence-electron chi connectivity index (χ0n) is 14.9. The van der Waals surface area contributed by atoms with Crippen LogP contribution in [0, 0.1) is 0 Å². The maximum absolute atomic E-state index is 12.5. The smallest absolute Gasteiger partial charge is 0.290 e. The Labute approximate surface area is 158 Å². The Kier molecular flexibility index (Phi) is 5.49. The SMILES string of the molecule is CCn1nc(C(=O)NNC(=O)CNC(=O)c2ccoc2)c2ccccc2c1=O. The molecule has 0 fully saturated rings. The zero-order valence-corrected chi connectivity index (χ0v) is 14.9. The number of aromatic nitrogens is 2. The average Bonchev–Trinajstić information content (AvgIpc) is 3.25. The van der Waals surface area contributed by atoms with E-state index in [1.807, 2.05) is 0 Å². The summed E-state index contributed by atoms with van der Waals surface area (Å²) in [7, 11) is 0. The average molecular weight is 383 g/mol. The first-order chi connectivity index (χ1) is 13.5. The molecule has 0 radical (unpaired) electrons. The van der Waals surface area contributed by atoms with Crippen molar-refractivity contribution in [3.05, 3.63) is 64.5 Å². The number of amides is 3. The standard InChI is InChI=1S/C18H17N5O5/c1-2-23-18(27)13-6-4-3-5-12(13)15(22-23)17(26)21-20-14(24)9-19-16(25)11-7-8-28-10-11/h3-8,10H,2,9H2,1H3,(H,19,25)(H,20,24)(H,21,26). The molecule has 0 saturated carbocycles. The van der Waals surface area contributed by atoms with Crippen LogP contribution in [-0.2, 0) is 11.3 Å². The van der Waals surface area contributed by atoms with Crippen LogP contribution in [0.1, 0.15) is 27.8 Å². The van der Waals surface area contributed by atoms with Gasteiger partial charge in [-0.1, -0.05) is 18.2 Å². The van der Waals surface area contributed by atoms with E-state index in [2.05, 4.69) is 21.3 Å². The van der Waals surface area contributed by atoms with Gasteiger partial charge in [0.15, 0.2) is 5.69 Å². The van der Waals surface area contributed by atoms with E-state index in [0.717, 1.165) is 0 Å². The van der Waals surface area contributed by atoms with Gasteiger partial charge in [0.05, 0.1) is 23.8 Å². The molecule has 3 aromatic rings. The number of nitrogens with one attached hydrogen (secondary N) is 3. The molecule has 10 nitrogen and oxygen atoms in total. The molecule has 0 saturated heterocycles. The van der Waals surface area contributed by atoms with Crippen LogP contribution in [0.4, 0.5) is 0 Å². The molecule has 2 aromatic heterocycles. The molecular formula is C18H17N5O5. The van der Waals surface area contributed by atoms with Crippen LogP contribution in [0.5, 0.6) is 0 Å². The number of furan rings is 1. The van der Waals surface area contributed by atoms with Crippen molar-refractivity contribution in [2.75, 3.05) is 6.54 Å². The molecule has 0 spiro atoms. The highest BCUT2D eigenvalue weighted by Gasteiger charge is 2.17. The van der Waals surface area contributed by atoms with Gasteiger partial charge in [-0.2, -0.15) is 5.10 Å². The van der Waals surface area contributed by atoms with E-state index >= 15 is 0 Å². The highest BCUT2D eigenvalue weighted by Crippen LogP contribution is 2.12. The number of rotatable bonds is 5. The Morgan fingerprint density at radius 2 is 1.82 bits per heavy atom. The van der Waals surface area contributed by atoms with Crippen LogP contribution in [0.15, 0.2) is 52.1 Å². The summed E-state index contributed by atoms with van der Waals surface area (Å²) in [6.07, 6.45) is 2.58. The van der Waals surface area contributed by atoms with Crippen molar-refractivity contribution >= 4 is 28.5 Å². The van der Waals surface area contributed by atoms with Gasteiger partial charge in [-0.3, -0.25) is 30.0 Å². The lowest BCUT2D eigenvalue weighted by Gasteiger charge is -2.11. The molecule has 0 unspecified atom stereocenters. The number of carbonyl (C=O) groups excluding carboxylic acids is 3. The van der Waals surface area contributed by atoms with E-state index in [1.165, 1.54) is 23.3 Å². The molecule has 0 aliphatic heterocycles. The number of fused-ring (bicyclic) bond motifs is 1. The third-order valence-corrected chi connectivity index (χ3v) is 3.89. The van der Waals surface area contributed by atoms with Crippen LogP contribution < -0.4 is 21.7 Å². The molecule has 1 aromatic carbocycles. The summed E-state index contributed by atoms with van der Waals surface area (Å²) in [5.74, 6) is -1.82. The summed E-state index contributed by atoms with van der Waals surface area (Å²) >= 11 is 0. The molecule has 0 bridgehead atoms. The van der Waals surface area contributed by atoms with Crippen LogP contribution in [0.25, 0.3) is 10.8 Å². The van der Waals surface area contributed by atoms with Crippen molar-refractivity contribution in [2.24, 2.45) is 0 Å². The number of benzene rings is 1. The second-order valence-corrected chi connectivity index (χ2v) is 5.71. The fourth-order valence-corrected chi connectivity index (χ4v) is 2.50. The molecule has 3 rings (SSSR count). The summed E-state index contributed by atoms with van der Waals surface area (Å²) in [6, 6.07) is 8.03. The first-order valence-corrected chi connectivity index (χ1v) is 8.40. The minimum absolute atomic E-state index is 0.000201. The fourth-order valence-electron chi connectivity index (χ4n) is 2.50. The Bertz CT molecular complexity index is 1090. The van der Waals surface area contributed by atoms with E-state index in [-0.39, 0.29) is 29.9 Å². The first kappa shape index (κ1) is 18.8. The lowest BCUT2D eigenvalue weighted by molar-refractivity contribution is -0.120. The fraction of sp³-hybridized carbons (Fsp3) is 0.167. The second kappa shape index (κ2) is 8.16. The van der Waals surface area contributed by atoms with Gasteiger partial charge in [-0.05, 0) is 19.1 Å². The zero-order chi connectivity index (χ0) is 20.1. The largest absolute Gasteiger partial charge is 0.472 e. The number of hydrogen-bond acceptors (Lipinski definition) is 6. The minimum Gasteiger partial charge on any atom is -0.472 e. The van der Waals surface area contributed by atoms with E-state index < -0.39 is 17.7 Å². The van der Waals surface area contributed by atoms with Crippen molar-refractivity contribution in [3.8, 4) is 0 Å². The Balaban J connectivity index is 1.66. The maximum Gasteiger partial charge on any atom is 0.290 e. The van der Waals surface area contributed by atoms with Crippen LogP contribution in [-0.4, -0.2) is 34.0 Å². The number of aryl methyl sites for hydroxylation is 1. The molecule has 10 heteroatoms. The van der Waals surface area contributed by atoms with Crippen molar-refractivity contribution < 1.29 is 18.8 Å². The number of nitrogens with zero attached hydrogens (tertiary/aromatic N) is 2. The summed E-state index contributed by atoms with van der Waals surface area (Å²) in [5, 5.41) is 7.17. The molecule has 144 valence electrons. The third-order valence-electron chi connectivity index (χ3n) is 3.89. The monoisotopic (exact) mass is 383 g/mol. The lowest BCUT2D eigenvalue weighted by Crippen LogP contribution is -2.47. The normalized spacial score (nSPS) is 10.5. The van der Waals surface area contributed by atoms with Gasteiger partial charge in [0.25, 0.3) is 23.3 Å². The number of carbonyl (C=O) groups is 3.